The topological polar surface area (TPSA) is 55.2 Å². The molecule has 1 N–H and O–H groups in total. The molecular weight excluding hydrogens is 303 g/mol. The highest BCUT2D eigenvalue weighted by molar-refractivity contribution is 9.10. The van der Waals surface area contributed by atoms with E-state index >= 15 is 0 Å². The van der Waals surface area contributed by atoms with Crippen molar-refractivity contribution in [3.8, 4) is 0 Å². The Morgan fingerprint density at radius 3 is 2.72 bits per heavy atom. The maximum absolute atomic E-state index is 13.3. The van der Waals surface area contributed by atoms with Gasteiger partial charge >= 0.3 is 0 Å². The number of nitrogens with one attached hydrogen (secondary N) is 1. The highest BCUT2D eigenvalue weighted by Crippen LogP contribution is 2.30. The minimum Gasteiger partial charge on any atom is -0.379 e. The zero-order valence-electron chi connectivity index (χ0n) is 10.2. The van der Waals surface area contributed by atoms with Gasteiger partial charge in [-0.1, -0.05) is 26.2 Å². The van der Waals surface area contributed by atoms with Crippen molar-refractivity contribution in [3.05, 3.63) is 32.5 Å². The molecule has 0 amide bonds. The molecule has 0 radical (unpaired) electrons. The fourth-order valence-electron chi connectivity index (χ4n) is 1.60. The number of rotatable bonds is 7. The number of nitrogens with zero attached hydrogens (tertiary/aromatic N) is 1. The fourth-order valence-corrected chi connectivity index (χ4v) is 1.94. The molecule has 0 atom stereocenters. The standard InChI is InChI=1S/C12H16BrFN2O2/c1-2-3-4-5-6-15-11-8-10(14)9(13)7-12(11)16(17)18/h7-8,15H,2-6H2,1H3. The first-order valence-electron chi connectivity index (χ1n) is 5.93. The summed E-state index contributed by atoms with van der Waals surface area (Å²) in [6.45, 7) is 2.73. The van der Waals surface area contributed by atoms with Crippen LogP contribution in [0, 0.1) is 15.9 Å². The van der Waals surface area contributed by atoms with Crippen molar-refractivity contribution in [2.75, 3.05) is 11.9 Å². The molecule has 0 heterocycles. The van der Waals surface area contributed by atoms with Crippen LogP contribution in [0.2, 0.25) is 0 Å². The first kappa shape index (κ1) is 14.9. The van der Waals surface area contributed by atoms with Crippen LogP contribution < -0.4 is 5.32 Å². The van der Waals surface area contributed by atoms with E-state index in [1.165, 1.54) is 6.07 Å². The van der Waals surface area contributed by atoms with E-state index in [4.69, 9.17) is 0 Å². The number of hydrogen-bond donors (Lipinski definition) is 1. The van der Waals surface area contributed by atoms with Crippen molar-refractivity contribution in [2.24, 2.45) is 0 Å². The molecule has 0 saturated heterocycles. The number of unbranched alkanes of at least 4 members (excludes halogenated alkanes) is 3. The maximum Gasteiger partial charge on any atom is 0.293 e. The minimum absolute atomic E-state index is 0.103. The second-order valence-electron chi connectivity index (χ2n) is 4.03. The van der Waals surface area contributed by atoms with Gasteiger partial charge in [0.15, 0.2) is 0 Å². The van der Waals surface area contributed by atoms with Gasteiger partial charge in [0.25, 0.3) is 5.69 Å². The Morgan fingerprint density at radius 2 is 2.11 bits per heavy atom. The van der Waals surface area contributed by atoms with Crippen molar-refractivity contribution in [1.82, 2.24) is 0 Å². The van der Waals surface area contributed by atoms with Gasteiger partial charge in [-0.2, -0.15) is 0 Å². The van der Waals surface area contributed by atoms with Crippen molar-refractivity contribution in [1.29, 1.82) is 0 Å². The van der Waals surface area contributed by atoms with Gasteiger partial charge < -0.3 is 5.32 Å². The highest BCUT2D eigenvalue weighted by atomic mass is 79.9. The molecule has 100 valence electrons. The fraction of sp³-hybridized carbons (Fsp3) is 0.500. The normalized spacial score (nSPS) is 10.4. The van der Waals surface area contributed by atoms with Crippen LogP contribution in [0.25, 0.3) is 0 Å². The summed E-state index contributed by atoms with van der Waals surface area (Å²) in [6, 6.07) is 2.34. The van der Waals surface area contributed by atoms with Crippen molar-refractivity contribution in [2.45, 2.75) is 32.6 Å². The minimum atomic E-state index is -0.515. The molecule has 0 aromatic heterocycles. The van der Waals surface area contributed by atoms with Gasteiger partial charge in [-0.15, -0.1) is 0 Å². The second kappa shape index (κ2) is 7.31. The molecule has 0 spiro atoms. The summed E-state index contributed by atoms with van der Waals surface area (Å²) >= 11 is 2.94. The lowest BCUT2D eigenvalue weighted by molar-refractivity contribution is -0.384. The van der Waals surface area contributed by atoms with Crippen molar-refractivity contribution in [3.63, 3.8) is 0 Å². The van der Waals surface area contributed by atoms with E-state index in [0.29, 0.717) is 6.54 Å². The van der Waals surface area contributed by atoms with Crippen molar-refractivity contribution < 1.29 is 9.31 Å². The van der Waals surface area contributed by atoms with E-state index in [1.807, 2.05) is 0 Å². The Balaban J connectivity index is 2.68. The molecule has 0 aliphatic rings. The van der Waals surface area contributed by atoms with E-state index in [0.717, 1.165) is 31.7 Å². The Labute approximate surface area is 114 Å². The Bertz CT molecular complexity index is 427. The first-order chi connectivity index (χ1) is 8.56. The quantitative estimate of drug-likeness (QED) is 0.458. The summed E-state index contributed by atoms with van der Waals surface area (Å²) < 4.78 is 13.4. The number of benzene rings is 1. The van der Waals surface area contributed by atoms with E-state index in [9.17, 15) is 14.5 Å². The third-order valence-electron chi connectivity index (χ3n) is 2.58. The summed E-state index contributed by atoms with van der Waals surface area (Å²) in [4.78, 5) is 10.3. The number of nitro benzene ring substituents is 1. The molecule has 0 fully saturated rings. The van der Waals surface area contributed by atoms with Gasteiger partial charge in [-0.25, -0.2) is 4.39 Å². The molecule has 1 aromatic carbocycles. The van der Waals surface area contributed by atoms with Crippen LogP contribution >= 0.6 is 15.9 Å². The number of halogens is 2. The lowest BCUT2D eigenvalue weighted by Crippen LogP contribution is -2.05. The largest absolute Gasteiger partial charge is 0.379 e. The molecule has 1 aromatic rings. The molecule has 0 aliphatic carbocycles. The van der Waals surface area contributed by atoms with Crippen molar-refractivity contribution >= 4 is 27.3 Å². The van der Waals surface area contributed by atoms with Crippen LogP contribution in [0.4, 0.5) is 15.8 Å². The van der Waals surface area contributed by atoms with Gasteiger partial charge in [-0.3, -0.25) is 10.1 Å². The monoisotopic (exact) mass is 318 g/mol. The van der Waals surface area contributed by atoms with E-state index in [2.05, 4.69) is 28.2 Å². The zero-order valence-corrected chi connectivity index (χ0v) is 11.8. The van der Waals surface area contributed by atoms with Crippen LogP contribution in [0.3, 0.4) is 0 Å². The third kappa shape index (κ3) is 4.25. The summed E-state index contributed by atoms with van der Waals surface area (Å²) in [5, 5.41) is 13.8. The number of hydrogen-bond acceptors (Lipinski definition) is 3. The molecule has 0 aliphatic heterocycles. The van der Waals surface area contributed by atoms with Gasteiger partial charge in [0.1, 0.15) is 11.5 Å². The summed E-state index contributed by atoms with van der Waals surface area (Å²) in [5.74, 6) is -0.503. The summed E-state index contributed by atoms with van der Waals surface area (Å²) in [6.07, 6.45) is 4.25. The maximum atomic E-state index is 13.3. The highest BCUT2D eigenvalue weighted by Gasteiger charge is 2.16. The Hall–Kier alpha value is -1.17. The van der Waals surface area contributed by atoms with E-state index < -0.39 is 10.7 Å². The third-order valence-corrected chi connectivity index (χ3v) is 3.19. The predicted octanol–water partition coefficient (Wildman–Crippen LogP) is 4.49. The number of nitro groups is 1. The second-order valence-corrected chi connectivity index (χ2v) is 4.88. The average molecular weight is 319 g/mol. The van der Waals surface area contributed by atoms with Crippen LogP contribution in [-0.2, 0) is 0 Å². The Kier molecular flexibility index (Phi) is 6.04. The molecule has 4 nitrogen and oxygen atoms in total. The number of anilines is 1. The van der Waals surface area contributed by atoms with Crippen LogP contribution in [-0.4, -0.2) is 11.5 Å². The molecule has 18 heavy (non-hydrogen) atoms. The van der Waals surface area contributed by atoms with E-state index in [1.54, 1.807) is 0 Å². The van der Waals surface area contributed by atoms with Gasteiger partial charge in [-0.05, 0) is 22.4 Å². The molecular formula is C12H16BrFN2O2. The SMILES string of the molecule is CCCCCCNc1cc(F)c(Br)cc1[N+](=O)[O-]. The predicted molar refractivity (Wildman–Crippen MR) is 73.4 cm³/mol. The zero-order chi connectivity index (χ0) is 13.5. The van der Waals surface area contributed by atoms with Gasteiger partial charge in [0.05, 0.1) is 9.40 Å². The average Bonchev–Trinajstić information content (AvgIpc) is 2.32. The van der Waals surface area contributed by atoms with Gasteiger partial charge in [0.2, 0.25) is 0 Å². The smallest absolute Gasteiger partial charge is 0.293 e. The summed E-state index contributed by atoms with van der Waals surface area (Å²) in [5.41, 5.74) is 0.121. The molecule has 6 heteroatoms. The molecule has 0 unspecified atom stereocenters. The lowest BCUT2D eigenvalue weighted by atomic mass is 10.2. The van der Waals surface area contributed by atoms with Crippen LogP contribution in [0.5, 0.6) is 0 Å². The van der Waals surface area contributed by atoms with Gasteiger partial charge in [0, 0.05) is 18.7 Å². The molecule has 0 saturated carbocycles. The lowest BCUT2D eigenvalue weighted by Gasteiger charge is -2.07. The molecule has 1 rings (SSSR count). The Morgan fingerprint density at radius 1 is 1.39 bits per heavy atom. The van der Waals surface area contributed by atoms with Crippen LogP contribution in [0.15, 0.2) is 16.6 Å². The van der Waals surface area contributed by atoms with E-state index in [-0.39, 0.29) is 15.8 Å². The summed E-state index contributed by atoms with van der Waals surface area (Å²) in [7, 11) is 0. The van der Waals surface area contributed by atoms with Crippen LogP contribution in [0.1, 0.15) is 32.6 Å². The molecule has 0 bridgehead atoms. The first-order valence-corrected chi connectivity index (χ1v) is 6.73.